The zero-order valence-corrected chi connectivity index (χ0v) is 9.62. The maximum atomic E-state index is 12.1. The predicted molar refractivity (Wildman–Crippen MR) is 50.7 cm³/mol. The van der Waals surface area contributed by atoms with Crippen molar-refractivity contribution in [3.8, 4) is 0 Å². The van der Waals surface area contributed by atoms with E-state index < -0.39 is 47.1 Å². The summed E-state index contributed by atoms with van der Waals surface area (Å²) in [5.41, 5.74) is 0. The van der Waals surface area contributed by atoms with E-state index in [1.54, 1.807) is 0 Å². The lowest BCUT2D eigenvalue weighted by molar-refractivity contribution is -0.139. The molecule has 0 aromatic rings. The Morgan fingerprint density at radius 1 is 1.41 bits per heavy atom. The van der Waals surface area contributed by atoms with Crippen LogP contribution in [0.5, 0.6) is 0 Å². The molecule has 0 amide bonds. The number of carboxylic acids is 1. The Labute approximate surface area is 95.7 Å². The van der Waals surface area contributed by atoms with E-state index >= 15 is 0 Å². The second-order valence-electron chi connectivity index (χ2n) is 3.20. The van der Waals surface area contributed by atoms with Gasteiger partial charge in [-0.25, -0.2) is 8.42 Å². The molecule has 0 bridgehead atoms. The SMILES string of the molecule is CC(C(=O)O)S(=O)(=O)N(CCO)CC(F)(F)F. The summed E-state index contributed by atoms with van der Waals surface area (Å²) in [6.07, 6.45) is -4.81. The maximum absolute atomic E-state index is 12.1. The van der Waals surface area contributed by atoms with Crippen molar-refractivity contribution in [3.05, 3.63) is 0 Å². The molecule has 0 fully saturated rings. The summed E-state index contributed by atoms with van der Waals surface area (Å²) in [5, 5.41) is 15.0. The largest absolute Gasteiger partial charge is 0.480 e. The van der Waals surface area contributed by atoms with Gasteiger partial charge in [0.2, 0.25) is 10.0 Å². The first kappa shape index (κ1) is 16.1. The number of carboxylic acid groups (broad SMARTS) is 1. The van der Waals surface area contributed by atoms with Crippen LogP contribution in [0.25, 0.3) is 0 Å². The van der Waals surface area contributed by atoms with Crippen LogP contribution in [0, 0.1) is 0 Å². The van der Waals surface area contributed by atoms with E-state index in [-0.39, 0.29) is 4.31 Å². The van der Waals surface area contributed by atoms with Crippen LogP contribution >= 0.6 is 0 Å². The van der Waals surface area contributed by atoms with E-state index in [4.69, 9.17) is 10.2 Å². The lowest BCUT2D eigenvalue weighted by Gasteiger charge is -2.24. The minimum atomic E-state index is -4.81. The van der Waals surface area contributed by atoms with Crippen LogP contribution < -0.4 is 0 Å². The van der Waals surface area contributed by atoms with Crippen LogP contribution in [-0.4, -0.2) is 60.0 Å². The highest BCUT2D eigenvalue weighted by atomic mass is 32.2. The van der Waals surface area contributed by atoms with Crippen molar-refractivity contribution in [2.75, 3.05) is 19.7 Å². The number of aliphatic hydroxyl groups is 1. The standard InChI is InChI=1S/C7H12F3NO5S/c1-5(6(13)14)17(15,16)11(2-3-12)4-7(8,9)10/h5,12H,2-4H2,1H3,(H,13,14). The molecule has 0 aliphatic carbocycles. The third-order valence-corrected chi connectivity index (χ3v) is 3.99. The summed E-state index contributed by atoms with van der Waals surface area (Å²) in [4.78, 5) is 10.5. The van der Waals surface area contributed by atoms with Gasteiger partial charge in [0.25, 0.3) is 0 Å². The zero-order valence-electron chi connectivity index (χ0n) is 8.81. The molecule has 102 valence electrons. The van der Waals surface area contributed by atoms with Crippen molar-refractivity contribution < 1.29 is 36.6 Å². The number of rotatable bonds is 6. The van der Waals surface area contributed by atoms with Gasteiger partial charge in [-0.05, 0) is 6.92 Å². The second-order valence-corrected chi connectivity index (χ2v) is 5.45. The smallest absolute Gasteiger partial charge is 0.402 e. The summed E-state index contributed by atoms with van der Waals surface area (Å²) >= 11 is 0. The molecule has 0 saturated heterocycles. The molecule has 0 spiro atoms. The van der Waals surface area contributed by atoms with Gasteiger partial charge in [-0.2, -0.15) is 17.5 Å². The number of alkyl halides is 3. The van der Waals surface area contributed by atoms with Crippen molar-refractivity contribution in [2.45, 2.75) is 18.3 Å². The maximum Gasteiger partial charge on any atom is 0.402 e. The van der Waals surface area contributed by atoms with Gasteiger partial charge in [-0.1, -0.05) is 0 Å². The fourth-order valence-electron chi connectivity index (χ4n) is 0.959. The van der Waals surface area contributed by atoms with Gasteiger partial charge in [0.05, 0.1) is 6.61 Å². The fraction of sp³-hybridized carbons (Fsp3) is 0.857. The van der Waals surface area contributed by atoms with Gasteiger partial charge < -0.3 is 10.2 Å². The highest BCUT2D eigenvalue weighted by Crippen LogP contribution is 2.20. The third kappa shape index (κ3) is 4.88. The van der Waals surface area contributed by atoms with Crippen LogP contribution in [0.15, 0.2) is 0 Å². The second kappa shape index (κ2) is 5.65. The van der Waals surface area contributed by atoms with Crippen LogP contribution in [0.1, 0.15) is 6.92 Å². The Kier molecular flexibility index (Phi) is 5.36. The third-order valence-electron chi connectivity index (χ3n) is 1.86. The number of carbonyl (C=O) groups is 1. The molecule has 0 saturated carbocycles. The highest BCUT2D eigenvalue weighted by Gasteiger charge is 2.40. The number of hydrogen-bond donors (Lipinski definition) is 2. The highest BCUT2D eigenvalue weighted by molar-refractivity contribution is 7.90. The number of aliphatic carboxylic acids is 1. The first-order valence-electron chi connectivity index (χ1n) is 4.41. The molecule has 0 aromatic heterocycles. The average Bonchev–Trinajstić information content (AvgIpc) is 2.13. The van der Waals surface area contributed by atoms with Gasteiger partial charge >= 0.3 is 12.1 Å². The number of nitrogens with zero attached hydrogens (tertiary/aromatic N) is 1. The van der Waals surface area contributed by atoms with Gasteiger partial charge in [-0.3, -0.25) is 4.79 Å². The van der Waals surface area contributed by atoms with E-state index in [0.717, 1.165) is 6.92 Å². The molecular formula is C7H12F3NO5S. The molecule has 0 aliphatic rings. The van der Waals surface area contributed by atoms with Gasteiger partial charge in [0.15, 0.2) is 5.25 Å². The lowest BCUT2D eigenvalue weighted by atomic mass is 10.5. The number of hydrogen-bond acceptors (Lipinski definition) is 4. The summed E-state index contributed by atoms with van der Waals surface area (Å²) in [7, 11) is -4.64. The first-order chi connectivity index (χ1) is 7.52. The van der Waals surface area contributed by atoms with E-state index in [2.05, 4.69) is 0 Å². The van der Waals surface area contributed by atoms with Crippen molar-refractivity contribution in [2.24, 2.45) is 0 Å². The molecule has 1 unspecified atom stereocenters. The van der Waals surface area contributed by atoms with E-state index in [0.29, 0.717) is 0 Å². The molecule has 6 nitrogen and oxygen atoms in total. The van der Waals surface area contributed by atoms with Gasteiger partial charge in [0, 0.05) is 6.54 Å². The minimum absolute atomic E-state index is 0.0915. The monoisotopic (exact) mass is 279 g/mol. The summed E-state index contributed by atoms with van der Waals surface area (Å²) in [6, 6.07) is 0. The summed E-state index contributed by atoms with van der Waals surface area (Å²) in [6.45, 7) is -2.70. The zero-order chi connectivity index (χ0) is 13.9. The van der Waals surface area contributed by atoms with Crippen LogP contribution in [0.4, 0.5) is 13.2 Å². The molecular weight excluding hydrogens is 267 g/mol. The van der Waals surface area contributed by atoms with Gasteiger partial charge in [-0.15, -0.1) is 0 Å². The number of halogens is 3. The van der Waals surface area contributed by atoms with E-state index in [9.17, 15) is 26.4 Å². The molecule has 0 heterocycles. The molecule has 0 aromatic carbocycles. The molecule has 17 heavy (non-hydrogen) atoms. The Hall–Kier alpha value is -0.870. The van der Waals surface area contributed by atoms with Crippen LogP contribution in [0.2, 0.25) is 0 Å². The average molecular weight is 279 g/mol. The Balaban J connectivity index is 5.12. The minimum Gasteiger partial charge on any atom is -0.480 e. The quantitative estimate of drug-likeness (QED) is 0.692. The lowest BCUT2D eigenvalue weighted by Crippen LogP contribution is -2.46. The number of sulfonamides is 1. The van der Waals surface area contributed by atoms with Crippen molar-refractivity contribution in [1.29, 1.82) is 0 Å². The summed E-state index contributed by atoms with van der Waals surface area (Å²) < 4.78 is 59.1. The Bertz CT molecular complexity index is 366. The van der Waals surface area contributed by atoms with Crippen molar-refractivity contribution >= 4 is 16.0 Å². The molecule has 0 aliphatic heterocycles. The normalized spacial score (nSPS) is 14.9. The molecule has 0 rings (SSSR count). The molecule has 2 N–H and O–H groups in total. The molecule has 0 radical (unpaired) electrons. The van der Waals surface area contributed by atoms with Crippen LogP contribution in [-0.2, 0) is 14.8 Å². The van der Waals surface area contributed by atoms with E-state index in [1.165, 1.54) is 0 Å². The number of aliphatic hydroxyl groups excluding tert-OH is 1. The summed E-state index contributed by atoms with van der Waals surface area (Å²) in [5.74, 6) is -1.75. The molecule has 10 heteroatoms. The Morgan fingerprint density at radius 2 is 1.88 bits per heavy atom. The van der Waals surface area contributed by atoms with Crippen LogP contribution in [0.3, 0.4) is 0 Å². The predicted octanol–water partition coefficient (Wildman–Crippen LogP) is -0.354. The Morgan fingerprint density at radius 3 is 2.18 bits per heavy atom. The first-order valence-corrected chi connectivity index (χ1v) is 5.92. The van der Waals surface area contributed by atoms with E-state index in [1.807, 2.05) is 0 Å². The van der Waals surface area contributed by atoms with Crippen molar-refractivity contribution in [3.63, 3.8) is 0 Å². The topological polar surface area (TPSA) is 94.9 Å². The fourth-order valence-corrected chi connectivity index (χ4v) is 2.32. The molecule has 1 atom stereocenters. The van der Waals surface area contributed by atoms with Crippen molar-refractivity contribution in [1.82, 2.24) is 4.31 Å². The van der Waals surface area contributed by atoms with Gasteiger partial charge in [0.1, 0.15) is 6.54 Å².